The maximum Gasteiger partial charge on any atom is 0.237 e. The van der Waals surface area contributed by atoms with Crippen LogP contribution in [-0.2, 0) is 5.41 Å². The van der Waals surface area contributed by atoms with Crippen molar-refractivity contribution < 1.29 is 8.91 Å². The summed E-state index contributed by atoms with van der Waals surface area (Å²) in [5, 5.41) is 12.1. The number of halogens is 1. The van der Waals surface area contributed by atoms with Gasteiger partial charge in [0.15, 0.2) is 0 Å². The minimum absolute atomic E-state index is 0.249. The number of aromatic nitrogens is 4. The van der Waals surface area contributed by atoms with Gasteiger partial charge in [-0.15, -0.1) is 5.10 Å². The van der Waals surface area contributed by atoms with E-state index in [0.717, 1.165) is 24.1 Å². The molecule has 0 bridgehead atoms. The lowest BCUT2D eigenvalue weighted by atomic mass is 9.96. The average Bonchev–Trinajstić information content (AvgIpc) is 3.19. The molecule has 1 saturated carbocycles. The maximum absolute atomic E-state index is 13.1. The molecule has 0 N–H and O–H groups in total. The Morgan fingerprint density at radius 3 is 2.45 bits per heavy atom. The van der Waals surface area contributed by atoms with Crippen LogP contribution >= 0.6 is 0 Å². The molecule has 0 amide bonds. The first kappa shape index (κ1) is 13.1. The molecule has 0 unspecified atom stereocenters. The van der Waals surface area contributed by atoms with Crippen molar-refractivity contribution in [1.82, 2.24) is 20.3 Å². The summed E-state index contributed by atoms with van der Waals surface area (Å²) in [7, 11) is 0. The highest BCUT2D eigenvalue weighted by Gasteiger charge is 2.51. The van der Waals surface area contributed by atoms with Gasteiger partial charge in [-0.25, -0.2) is 4.39 Å². The number of rotatable bonds is 3. The quantitative estimate of drug-likeness (QED) is 0.743. The van der Waals surface area contributed by atoms with Gasteiger partial charge < -0.3 is 4.52 Å². The van der Waals surface area contributed by atoms with Gasteiger partial charge in [-0.05, 0) is 49.6 Å². The van der Waals surface area contributed by atoms with Crippen LogP contribution in [0.5, 0.6) is 0 Å². The standard InChI is InChI=1S/C16H13FN4O/c1-10-2-7-13(20-19-10)14-18-15(22-21-14)16(8-9-16)11-3-5-12(17)6-4-11/h2-7H,8-9H2,1H3. The molecular formula is C16H13FN4O. The van der Waals surface area contributed by atoms with Gasteiger partial charge in [0, 0.05) is 0 Å². The van der Waals surface area contributed by atoms with E-state index in [9.17, 15) is 4.39 Å². The van der Waals surface area contributed by atoms with Gasteiger partial charge >= 0.3 is 0 Å². The minimum Gasteiger partial charge on any atom is -0.338 e. The van der Waals surface area contributed by atoms with Gasteiger partial charge in [0.25, 0.3) is 0 Å². The summed E-state index contributed by atoms with van der Waals surface area (Å²) in [5.74, 6) is 0.730. The van der Waals surface area contributed by atoms with Crippen molar-refractivity contribution >= 4 is 0 Å². The van der Waals surface area contributed by atoms with E-state index < -0.39 is 0 Å². The van der Waals surface area contributed by atoms with Crippen molar-refractivity contribution in [2.75, 3.05) is 0 Å². The van der Waals surface area contributed by atoms with Crippen LogP contribution in [0.3, 0.4) is 0 Å². The Hall–Kier alpha value is -2.63. The van der Waals surface area contributed by atoms with Gasteiger partial charge in [0.05, 0.1) is 11.1 Å². The lowest BCUT2D eigenvalue weighted by Crippen LogP contribution is -2.09. The first-order chi connectivity index (χ1) is 10.7. The lowest BCUT2D eigenvalue weighted by molar-refractivity contribution is 0.360. The Bertz CT molecular complexity index is 807. The first-order valence-corrected chi connectivity index (χ1v) is 7.08. The Balaban J connectivity index is 1.69. The topological polar surface area (TPSA) is 64.7 Å². The zero-order valence-electron chi connectivity index (χ0n) is 12.0. The molecule has 1 fully saturated rings. The first-order valence-electron chi connectivity index (χ1n) is 7.08. The normalized spacial score (nSPS) is 15.7. The van der Waals surface area contributed by atoms with E-state index in [-0.39, 0.29) is 11.2 Å². The van der Waals surface area contributed by atoms with Crippen LogP contribution < -0.4 is 0 Å². The van der Waals surface area contributed by atoms with E-state index in [1.165, 1.54) is 12.1 Å². The third-order valence-electron chi connectivity index (χ3n) is 4.01. The van der Waals surface area contributed by atoms with Crippen molar-refractivity contribution in [3.8, 4) is 11.5 Å². The zero-order chi connectivity index (χ0) is 15.2. The fraction of sp³-hybridized carbons (Fsp3) is 0.250. The molecule has 0 aliphatic heterocycles. The molecule has 5 nitrogen and oxygen atoms in total. The Kier molecular flexibility index (Phi) is 2.79. The van der Waals surface area contributed by atoms with Gasteiger partial charge in [-0.2, -0.15) is 10.1 Å². The third-order valence-corrected chi connectivity index (χ3v) is 4.01. The molecule has 1 aliphatic carbocycles. The molecule has 4 rings (SSSR count). The number of aryl methyl sites for hydroxylation is 1. The van der Waals surface area contributed by atoms with Gasteiger partial charge in [0.2, 0.25) is 11.7 Å². The van der Waals surface area contributed by atoms with E-state index in [1.54, 1.807) is 12.1 Å². The monoisotopic (exact) mass is 296 g/mol. The number of hydrogen-bond donors (Lipinski definition) is 0. The molecule has 22 heavy (non-hydrogen) atoms. The Morgan fingerprint density at radius 2 is 1.82 bits per heavy atom. The van der Waals surface area contributed by atoms with Crippen molar-refractivity contribution in [3.05, 3.63) is 59.4 Å². The summed E-state index contributed by atoms with van der Waals surface area (Å²) in [6.07, 6.45) is 1.83. The van der Waals surface area contributed by atoms with E-state index in [0.29, 0.717) is 17.4 Å². The predicted molar refractivity (Wildman–Crippen MR) is 76.5 cm³/mol. The highest BCUT2D eigenvalue weighted by molar-refractivity contribution is 5.48. The largest absolute Gasteiger partial charge is 0.338 e. The summed E-state index contributed by atoms with van der Waals surface area (Å²) in [6.45, 7) is 1.87. The van der Waals surface area contributed by atoms with E-state index >= 15 is 0 Å². The summed E-state index contributed by atoms with van der Waals surface area (Å²) in [6, 6.07) is 10.1. The SMILES string of the molecule is Cc1ccc(-c2noc(C3(c4ccc(F)cc4)CC3)n2)nn1. The van der Waals surface area contributed by atoms with Crippen LogP contribution in [0.15, 0.2) is 40.9 Å². The third kappa shape index (κ3) is 2.07. The van der Waals surface area contributed by atoms with E-state index in [2.05, 4.69) is 20.3 Å². The lowest BCUT2D eigenvalue weighted by Gasteiger charge is -2.09. The number of nitrogens with zero attached hydrogens (tertiary/aromatic N) is 4. The van der Waals surface area contributed by atoms with Crippen LogP contribution in [0.4, 0.5) is 4.39 Å². The number of benzene rings is 1. The van der Waals surface area contributed by atoms with Gasteiger partial charge in [-0.1, -0.05) is 17.3 Å². The highest BCUT2D eigenvalue weighted by Crippen LogP contribution is 2.52. The molecule has 1 aromatic carbocycles. The minimum atomic E-state index is -0.281. The molecule has 2 heterocycles. The van der Waals surface area contributed by atoms with Crippen LogP contribution in [0.25, 0.3) is 11.5 Å². The summed E-state index contributed by atoms with van der Waals surface area (Å²) in [5.41, 5.74) is 2.13. The maximum atomic E-state index is 13.1. The number of hydrogen-bond acceptors (Lipinski definition) is 5. The summed E-state index contributed by atoms with van der Waals surface area (Å²) in [4.78, 5) is 4.47. The highest BCUT2D eigenvalue weighted by atomic mass is 19.1. The van der Waals surface area contributed by atoms with Crippen molar-refractivity contribution in [2.45, 2.75) is 25.2 Å². The molecule has 0 atom stereocenters. The molecule has 2 aromatic heterocycles. The summed E-state index contributed by atoms with van der Waals surface area (Å²) >= 11 is 0. The van der Waals surface area contributed by atoms with Crippen LogP contribution in [0, 0.1) is 12.7 Å². The van der Waals surface area contributed by atoms with Crippen molar-refractivity contribution in [3.63, 3.8) is 0 Å². The molecule has 0 spiro atoms. The fourth-order valence-electron chi connectivity index (χ4n) is 2.56. The van der Waals surface area contributed by atoms with Crippen LogP contribution in [0.1, 0.15) is 30.0 Å². The van der Waals surface area contributed by atoms with Gasteiger partial charge in [-0.3, -0.25) is 0 Å². The second kappa shape index (κ2) is 4.69. The van der Waals surface area contributed by atoms with E-state index in [1.807, 2.05) is 19.1 Å². The van der Waals surface area contributed by atoms with Crippen molar-refractivity contribution in [1.29, 1.82) is 0 Å². The Labute approximate surface area is 126 Å². The van der Waals surface area contributed by atoms with Crippen LogP contribution in [-0.4, -0.2) is 20.3 Å². The molecule has 110 valence electrons. The second-order valence-electron chi connectivity index (χ2n) is 5.57. The predicted octanol–water partition coefficient (Wildman–Crippen LogP) is 3.05. The molecule has 3 aromatic rings. The molecule has 6 heteroatoms. The van der Waals surface area contributed by atoms with Crippen molar-refractivity contribution in [2.24, 2.45) is 0 Å². The van der Waals surface area contributed by atoms with Crippen LogP contribution in [0.2, 0.25) is 0 Å². The smallest absolute Gasteiger partial charge is 0.237 e. The molecule has 0 saturated heterocycles. The molecule has 1 aliphatic rings. The average molecular weight is 296 g/mol. The van der Waals surface area contributed by atoms with E-state index in [4.69, 9.17) is 4.52 Å². The van der Waals surface area contributed by atoms with Gasteiger partial charge in [0.1, 0.15) is 11.5 Å². The molecular weight excluding hydrogens is 283 g/mol. The zero-order valence-corrected chi connectivity index (χ0v) is 12.0. The Morgan fingerprint density at radius 1 is 1.05 bits per heavy atom. The summed E-state index contributed by atoms with van der Waals surface area (Å²) < 4.78 is 18.5. The fourth-order valence-corrected chi connectivity index (χ4v) is 2.56. The molecule has 0 radical (unpaired) electrons. The second-order valence-corrected chi connectivity index (χ2v) is 5.57.